The van der Waals surface area contributed by atoms with E-state index in [2.05, 4.69) is 20.8 Å². The summed E-state index contributed by atoms with van der Waals surface area (Å²) in [4.78, 5) is 7.35. The molecule has 4 rings (SSSR count). The number of benzene rings is 1. The van der Waals surface area contributed by atoms with Crippen LogP contribution < -0.4 is 4.72 Å². The van der Waals surface area contributed by atoms with Gasteiger partial charge in [0.15, 0.2) is 0 Å². The summed E-state index contributed by atoms with van der Waals surface area (Å²) in [6, 6.07) is 5.94. The van der Waals surface area contributed by atoms with E-state index in [-0.39, 0.29) is 5.92 Å². The van der Waals surface area contributed by atoms with Gasteiger partial charge in [0.05, 0.1) is 12.0 Å². The lowest BCUT2D eigenvalue weighted by atomic mass is 9.80. The monoisotopic (exact) mass is 360 g/mol. The molecule has 2 aliphatic rings. The molecule has 1 atom stereocenters. The van der Waals surface area contributed by atoms with Gasteiger partial charge < -0.3 is 4.98 Å². The Balaban J connectivity index is 1.64. The van der Waals surface area contributed by atoms with Crippen molar-refractivity contribution in [3.63, 3.8) is 0 Å². The number of aromatic amines is 1. The Morgan fingerprint density at radius 2 is 2.00 bits per heavy atom. The number of nitrogens with one attached hydrogen (secondary N) is 2. The topological polar surface area (TPSA) is 78.1 Å². The standard InChI is InChI=1S/C18H24N4O2S/c23-25(24,22-10-2-1-3-11-22)21-17-9-5-6-14-15(17)7-4-8-16(14)18-12-19-13-20-18/h5-6,9,12-13,16,21H,1-4,7-8,10-11H2,(H,19,20). The van der Waals surface area contributed by atoms with Crippen molar-refractivity contribution in [1.82, 2.24) is 14.3 Å². The van der Waals surface area contributed by atoms with Gasteiger partial charge in [-0.3, -0.25) is 4.72 Å². The van der Waals surface area contributed by atoms with Crippen LogP contribution in [0, 0.1) is 0 Å². The molecule has 2 N–H and O–H groups in total. The largest absolute Gasteiger partial charge is 0.348 e. The first-order valence-corrected chi connectivity index (χ1v) is 10.5. The fraction of sp³-hybridized carbons (Fsp3) is 0.500. The van der Waals surface area contributed by atoms with Crippen molar-refractivity contribution in [3.8, 4) is 0 Å². The Bertz CT molecular complexity index is 827. The molecule has 1 fully saturated rings. The number of aromatic nitrogens is 2. The minimum absolute atomic E-state index is 0.255. The molecule has 0 radical (unpaired) electrons. The highest BCUT2D eigenvalue weighted by molar-refractivity contribution is 7.90. The molecule has 134 valence electrons. The van der Waals surface area contributed by atoms with Crippen LogP contribution in [0.25, 0.3) is 0 Å². The lowest BCUT2D eigenvalue weighted by Gasteiger charge is -2.29. The molecule has 2 aromatic rings. The smallest absolute Gasteiger partial charge is 0.301 e. The molecule has 1 saturated heterocycles. The number of hydrogen-bond acceptors (Lipinski definition) is 3. The zero-order valence-corrected chi connectivity index (χ0v) is 15.1. The minimum Gasteiger partial charge on any atom is -0.348 e. The van der Waals surface area contributed by atoms with E-state index < -0.39 is 10.2 Å². The van der Waals surface area contributed by atoms with Crippen LogP contribution in [0.5, 0.6) is 0 Å². The summed E-state index contributed by atoms with van der Waals surface area (Å²) >= 11 is 0. The van der Waals surface area contributed by atoms with Crippen molar-refractivity contribution in [2.24, 2.45) is 0 Å². The maximum atomic E-state index is 12.7. The third-order valence-electron chi connectivity index (χ3n) is 5.30. The van der Waals surface area contributed by atoms with Gasteiger partial charge in [0.2, 0.25) is 0 Å². The molecular weight excluding hydrogens is 336 g/mol. The maximum absolute atomic E-state index is 12.7. The first kappa shape index (κ1) is 16.6. The van der Waals surface area contributed by atoms with Gasteiger partial charge in [-0.1, -0.05) is 18.6 Å². The molecule has 7 heteroatoms. The molecule has 1 unspecified atom stereocenters. The molecule has 1 aromatic heterocycles. The molecule has 0 bridgehead atoms. The quantitative estimate of drug-likeness (QED) is 0.880. The van der Waals surface area contributed by atoms with Gasteiger partial charge in [-0.05, 0) is 49.3 Å². The van der Waals surface area contributed by atoms with E-state index in [1.807, 2.05) is 18.3 Å². The number of anilines is 1. The normalized spacial score (nSPS) is 21.7. The van der Waals surface area contributed by atoms with Gasteiger partial charge in [-0.2, -0.15) is 12.7 Å². The zero-order valence-electron chi connectivity index (χ0n) is 14.2. The minimum atomic E-state index is -3.48. The third-order valence-corrected chi connectivity index (χ3v) is 6.82. The summed E-state index contributed by atoms with van der Waals surface area (Å²) in [7, 11) is -3.48. The van der Waals surface area contributed by atoms with Gasteiger partial charge in [-0.15, -0.1) is 0 Å². The number of rotatable bonds is 4. The van der Waals surface area contributed by atoms with Gasteiger partial charge in [0.25, 0.3) is 0 Å². The molecule has 1 aliphatic carbocycles. The van der Waals surface area contributed by atoms with E-state index in [4.69, 9.17) is 0 Å². The summed E-state index contributed by atoms with van der Waals surface area (Å²) in [6.07, 6.45) is 9.55. The summed E-state index contributed by atoms with van der Waals surface area (Å²) in [5.74, 6) is 0.255. The van der Waals surface area contributed by atoms with Crippen molar-refractivity contribution in [2.45, 2.75) is 44.4 Å². The van der Waals surface area contributed by atoms with Gasteiger partial charge in [-0.25, -0.2) is 4.98 Å². The first-order valence-electron chi connectivity index (χ1n) is 9.03. The predicted octanol–water partition coefficient (Wildman–Crippen LogP) is 3.02. The third kappa shape index (κ3) is 3.30. The van der Waals surface area contributed by atoms with E-state index in [1.54, 1.807) is 10.6 Å². The van der Waals surface area contributed by atoms with Crippen LogP contribution >= 0.6 is 0 Å². The Morgan fingerprint density at radius 3 is 2.76 bits per heavy atom. The molecule has 0 spiro atoms. The molecule has 0 amide bonds. The molecule has 6 nitrogen and oxygen atoms in total. The van der Waals surface area contributed by atoms with E-state index in [9.17, 15) is 8.42 Å². The average molecular weight is 360 g/mol. The van der Waals surface area contributed by atoms with Crippen molar-refractivity contribution in [3.05, 3.63) is 47.5 Å². The van der Waals surface area contributed by atoms with Gasteiger partial charge in [0.1, 0.15) is 0 Å². The Labute approximate surface area is 148 Å². The van der Waals surface area contributed by atoms with Crippen molar-refractivity contribution in [2.75, 3.05) is 17.8 Å². The lowest BCUT2D eigenvalue weighted by Crippen LogP contribution is -2.39. The van der Waals surface area contributed by atoms with E-state index in [0.29, 0.717) is 13.1 Å². The van der Waals surface area contributed by atoms with Crippen LogP contribution in [0.15, 0.2) is 30.7 Å². The highest BCUT2D eigenvalue weighted by Crippen LogP contribution is 2.39. The molecule has 1 aliphatic heterocycles. The van der Waals surface area contributed by atoms with E-state index >= 15 is 0 Å². The SMILES string of the molecule is O=S(=O)(Nc1cccc2c1CCCC2c1cnc[nH]1)N1CCCCC1. The van der Waals surface area contributed by atoms with Crippen LogP contribution in [0.2, 0.25) is 0 Å². The van der Waals surface area contributed by atoms with Crippen LogP contribution in [0.3, 0.4) is 0 Å². The maximum Gasteiger partial charge on any atom is 0.301 e. The Kier molecular flexibility index (Phi) is 4.52. The van der Waals surface area contributed by atoms with Crippen LogP contribution in [-0.4, -0.2) is 35.8 Å². The second-order valence-electron chi connectivity index (χ2n) is 6.89. The fourth-order valence-corrected chi connectivity index (χ4v) is 5.37. The molecule has 0 saturated carbocycles. The van der Waals surface area contributed by atoms with E-state index in [0.717, 1.165) is 55.5 Å². The molecule has 2 heterocycles. The zero-order chi connectivity index (χ0) is 17.3. The Hall–Kier alpha value is -1.86. The average Bonchev–Trinajstić information content (AvgIpc) is 3.16. The Morgan fingerprint density at radius 1 is 1.16 bits per heavy atom. The lowest BCUT2D eigenvalue weighted by molar-refractivity contribution is 0.349. The summed E-state index contributed by atoms with van der Waals surface area (Å²) in [5, 5.41) is 0. The van der Waals surface area contributed by atoms with Gasteiger partial charge >= 0.3 is 10.2 Å². The summed E-state index contributed by atoms with van der Waals surface area (Å²) < 4.78 is 29.9. The summed E-state index contributed by atoms with van der Waals surface area (Å²) in [6.45, 7) is 1.22. The number of fused-ring (bicyclic) bond motifs is 1. The van der Waals surface area contributed by atoms with Crippen LogP contribution in [-0.2, 0) is 16.6 Å². The first-order chi connectivity index (χ1) is 12.1. The molecule has 1 aromatic carbocycles. The second-order valence-corrected chi connectivity index (χ2v) is 8.56. The second kappa shape index (κ2) is 6.80. The predicted molar refractivity (Wildman–Crippen MR) is 97.8 cm³/mol. The number of hydrogen-bond donors (Lipinski definition) is 2. The highest BCUT2D eigenvalue weighted by Gasteiger charge is 2.28. The van der Waals surface area contributed by atoms with E-state index in [1.165, 1.54) is 5.56 Å². The number of H-pyrrole nitrogens is 1. The number of imidazole rings is 1. The van der Waals surface area contributed by atoms with Crippen molar-refractivity contribution >= 4 is 15.9 Å². The van der Waals surface area contributed by atoms with Crippen molar-refractivity contribution in [1.29, 1.82) is 0 Å². The summed E-state index contributed by atoms with van der Waals surface area (Å²) in [5.41, 5.74) is 4.15. The van der Waals surface area contributed by atoms with Crippen LogP contribution in [0.1, 0.15) is 54.8 Å². The molecule has 25 heavy (non-hydrogen) atoms. The fourth-order valence-electron chi connectivity index (χ4n) is 4.03. The number of nitrogens with zero attached hydrogens (tertiary/aromatic N) is 2. The number of piperidine rings is 1. The van der Waals surface area contributed by atoms with Crippen LogP contribution in [0.4, 0.5) is 5.69 Å². The molecular formula is C18H24N4O2S. The highest BCUT2D eigenvalue weighted by atomic mass is 32.2. The van der Waals surface area contributed by atoms with Gasteiger partial charge in [0, 0.05) is 30.9 Å². The van der Waals surface area contributed by atoms with Crippen molar-refractivity contribution < 1.29 is 8.42 Å².